The molecule has 1 aromatic carbocycles. The highest BCUT2D eigenvalue weighted by Gasteiger charge is 2.28. The minimum absolute atomic E-state index is 0.159. The van der Waals surface area contributed by atoms with Crippen LogP contribution >= 0.6 is 11.6 Å². The molecule has 1 amide bonds. The Labute approximate surface area is 129 Å². The second-order valence-corrected chi connectivity index (χ2v) is 5.76. The van der Waals surface area contributed by atoms with E-state index in [1.807, 2.05) is 0 Å². The van der Waals surface area contributed by atoms with Gasteiger partial charge in [0.15, 0.2) is 0 Å². The highest BCUT2D eigenvalue weighted by Crippen LogP contribution is 2.27. The normalized spacial score (nSPS) is 17.0. The number of esters is 1. The van der Waals surface area contributed by atoms with Gasteiger partial charge in [-0.25, -0.2) is 0 Å². The molecule has 21 heavy (non-hydrogen) atoms. The maximum absolute atomic E-state index is 12.5. The van der Waals surface area contributed by atoms with Crippen LogP contribution in [0.15, 0.2) is 24.3 Å². The van der Waals surface area contributed by atoms with E-state index in [2.05, 4.69) is 5.32 Å². The fourth-order valence-corrected chi connectivity index (χ4v) is 2.87. The molecule has 1 N–H and O–H groups in total. The maximum atomic E-state index is 12.5. The number of rotatable bonds is 4. The van der Waals surface area contributed by atoms with Crippen LogP contribution in [-0.4, -0.2) is 17.9 Å². The zero-order valence-corrected chi connectivity index (χ0v) is 12.9. The number of halogens is 1. The minimum atomic E-state index is -0.988. The summed E-state index contributed by atoms with van der Waals surface area (Å²) in [6.07, 6.45) is 4.41. The van der Waals surface area contributed by atoms with Crippen LogP contribution in [0.2, 0.25) is 5.02 Å². The number of ether oxygens (including phenoxy) is 1. The van der Waals surface area contributed by atoms with Crippen molar-refractivity contribution in [2.24, 2.45) is 0 Å². The molecule has 0 saturated heterocycles. The topological polar surface area (TPSA) is 55.4 Å². The summed E-state index contributed by atoms with van der Waals surface area (Å²) >= 11 is 6.12. The lowest BCUT2D eigenvalue weighted by Gasteiger charge is -2.25. The van der Waals surface area contributed by atoms with E-state index in [1.165, 1.54) is 13.3 Å². The fraction of sp³-hybridized carbons (Fsp3) is 0.500. The van der Waals surface area contributed by atoms with Crippen molar-refractivity contribution < 1.29 is 14.3 Å². The lowest BCUT2D eigenvalue weighted by Crippen LogP contribution is -2.40. The van der Waals surface area contributed by atoms with Gasteiger partial charge < -0.3 is 10.1 Å². The first kappa shape index (κ1) is 15.8. The number of hydrogen-bond donors (Lipinski definition) is 1. The van der Waals surface area contributed by atoms with Crippen molar-refractivity contribution in [3.05, 3.63) is 34.9 Å². The zero-order chi connectivity index (χ0) is 15.2. The number of nitrogens with one attached hydrogen (secondary N) is 1. The smallest absolute Gasteiger partial charge is 0.303 e. The number of carbonyl (C=O) groups is 2. The molecule has 0 heterocycles. The van der Waals surface area contributed by atoms with Crippen molar-refractivity contribution in [3.8, 4) is 0 Å². The molecule has 1 aromatic rings. The lowest BCUT2D eigenvalue weighted by atomic mass is 9.95. The molecule has 0 bridgehead atoms. The van der Waals surface area contributed by atoms with Crippen LogP contribution in [0.5, 0.6) is 0 Å². The summed E-state index contributed by atoms with van der Waals surface area (Å²) in [5.74, 6) is -0.802. The summed E-state index contributed by atoms with van der Waals surface area (Å²) < 4.78 is 5.19. The van der Waals surface area contributed by atoms with E-state index in [-0.39, 0.29) is 11.9 Å². The average Bonchev–Trinajstić information content (AvgIpc) is 2.46. The van der Waals surface area contributed by atoms with Gasteiger partial charge in [-0.05, 0) is 18.9 Å². The molecule has 1 saturated carbocycles. The van der Waals surface area contributed by atoms with Crippen LogP contribution in [0.4, 0.5) is 0 Å². The highest BCUT2D eigenvalue weighted by atomic mass is 35.5. The van der Waals surface area contributed by atoms with Crippen molar-refractivity contribution >= 4 is 23.5 Å². The SMILES string of the molecule is CC(=O)O[C@@H](C(=O)NC1CCCCC1)c1ccccc1Cl. The summed E-state index contributed by atoms with van der Waals surface area (Å²) in [7, 11) is 0. The highest BCUT2D eigenvalue weighted by molar-refractivity contribution is 6.31. The summed E-state index contributed by atoms with van der Waals surface area (Å²) in [6.45, 7) is 1.29. The van der Waals surface area contributed by atoms with Crippen molar-refractivity contribution in [2.75, 3.05) is 0 Å². The van der Waals surface area contributed by atoms with Gasteiger partial charge in [-0.15, -0.1) is 0 Å². The molecular weight excluding hydrogens is 290 g/mol. The molecule has 1 aliphatic carbocycles. The van der Waals surface area contributed by atoms with Gasteiger partial charge in [0.05, 0.1) is 0 Å². The molecule has 4 nitrogen and oxygen atoms in total. The zero-order valence-electron chi connectivity index (χ0n) is 12.1. The summed E-state index contributed by atoms with van der Waals surface area (Å²) in [5, 5.41) is 3.39. The van der Waals surface area contributed by atoms with E-state index in [4.69, 9.17) is 16.3 Å². The number of hydrogen-bond acceptors (Lipinski definition) is 3. The number of amides is 1. The largest absolute Gasteiger partial charge is 0.447 e. The third-order valence-corrected chi connectivity index (χ3v) is 4.01. The predicted molar refractivity (Wildman–Crippen MR) is 81.0 cm³/mol. The molecule has 0 aromatic heterocycles. The fourth-order valence-electron chi connectivity index (χ4n) is 2.64. The molecule has 0 aliphatic heterocycles. The first-order valence-electron chi connectivity index (χ1n) is 7.30. The first-order valence-corrected chi connectivity index (χ1v) is 7.67. The van der Waals surface area contributed by atoms with Gasteiger partial charge in [-0.1, -0.05) is 49.1 Å². The van der Waals surface area contributed by atoms with Gasteiger partial charge in [0.2, 0.25) is 6.10 Å². The third-order valence-electron chi connectivity index (χ3n) is 3.66. The molecule has 1 atom stereocenters. The second-order valence-electron chi connectivity index (χ2n) is 5.35. The summed E-state index contributed by atoms with van der Waals surface area (Å²) in [5.41, 5.74) is 0.516. The Morgan fingerprint density at radius 3 is 2.52 bits per heavy atom. The van der Waals surface area contributed by atoms with E-state index >= 15 is 0 Å². The van der Waals surface area contributed by atoms with Gasteiger partial charge >= 0.3 is 5.97 Å². The minimum Gasteiger partial charge on any atom is -0.447 e. The summed E-state index contributed by atoms with van der Waals surface area (Å²) in [6, 6.07) is 7.09. The van der Waals surface area contributed by atoms with Crippen molar-refractivity contribution in [1.82, 2.24) is 5.32 Å². The molecule has 0 radical (unpaired) electrons. The van der Waals surface area contributed by atoms with E-state index in [0.717, 1.165) is 25.7 Å². The van der Waals surface area contributed by atoms with Crippen LogP contribution in [0.1, 0.15) is 50.7 Å². The molecule has 0 spiro atoms. The van der Waals surface area contributed by atoms with Crippen molar-refractivity contribution in [3.63, 3.8) is 0 Å². The Balaban J connectivity index is 2.13. The van der Waals surface area contributed by atoms with Gasteiger partial charge in [0.25, 0.3) is 5.91 Å². The van der Waals surface area contributed by atoms with Crippen molar-refractivity contribution in [2.45, 2.75) is 51.2 Å². The number of benzene rings is 1. The maximum Gasteiger partial charge on any atom is 0.303 e. The standard InChI is InChI=1S/C16H20ClNO3/c1-11(19)21-15(13-9-5-6-10-14(13)17)16(20)18-12-7-3-2-4-8-12/h5-6,9-10,12,15H,2-4,7-8H2,1H3,(H,18,20)/t15-/m1/s1. The summed E-state index contributed by atoms with van der Waals surface area (Å²) in [4.78, 5) is 23.7. The molecule has 5 heteroatoms. The van der Waals surface area contributed by atoms with E-state index < -0.39 is 12.1 Å². The second kappa shape index (κ2) is 7.46. The predicted octanol–water partition coefficient (Wildman–Crippen LogP) is 3.39. The quantitative estimate of drug-likeness (QED) is 0.867. The molecule has 1 fully saturated rings. The Hall–Kier alpha value is -1.55. The molecule has 2 rings (SSSR count). The van der Waals surface area contributed by atoms with Crippen molar-refractivity contribution in [1.29, 1.82) is 0 Å². The van der Waals surface area contributed by atoms with Crippen LogP contribution in [-0.2, 0) is 14.3 Å². The Morgan fingerprint density at radius 1 is 1.24 bits per heavy atom. The lowest BCUT2D eigenvalue weighted by molar-refractivity contribution is -0.154. The van der Waals surface area contributed by atoms with E-state index in [0.29, 0.717) is 10.6 Å². The molecule has 114 valence electrons. The van der Waals surface area contributed by atoms with Gasteiger partial charge in [-0.3, -0.25) is 9.59 Å². The van der Waals surface area contributed by atoms with E-state index in [9.17, 15) is 9.59 Å². The third kappa shape index (κ3) is 4.46. The molecule has 1 aliphatic rings. The van der Waals surface area contributed by atoms with Gasteiger partial charge in [0.1, 0.15) is 0 Å². The monoisotopic (exact) mass is 309 g/mol. The molecule has 0 unspecified atom stereocenters. The van der Waals surface area contributed by atoms with E-state index in [1.54, 1.807) is 24.3 Å². The van der Waals surface area contributed by atoms with Gasteiger partial charge in [-0.2, -0.15) is 0 Å². The molecular formula is C16H20ClNO3. The first-order chi connectivity index (χ1) is 10.1. The Morgan fingerprint density at radius 2 is 1.90 bits per heavy atom. The Bertz CT molecular complexity index is 512. The van der Waals surface area contributed by atoms with Crippen LogP contribution in [0.3, 0.4) is 0 Å². The van der Waals surface area contributed by atoms with Crippen LogP contribution in [0, 0.1) is 0 Å². The van der Waals surface area contributed by atoms with Gasteiger partial charge in [0, 0.05) is 23.6 Å². The number of carbonyl (C=O) groups excluding carboxylic acids is 2. The van der Waals surface area contributed by atoms with Crippen LogP contribution < -0.4 is 5.32 Å². The Kier molecular flexibility index (Phi) is 5.62. The van der Waals surface area contributed by atoms with Crippen LogP contribution in [0.25, 0.3) is 0 Å². The average molecular weight is 310 g/mol.